The maximum Gasteiger partial charge on any atom is 0.158 e. The van der Waals surface area contributed by atoms with Crippen LogP contribution in [-0.2, 0) is 14.6 Å². The first-order chi connectivity index (χ1) is 9.94. The number of ether oxygens (including phenoxy) is 1. The van der Waals surface area contributed by atoms with Gasteiger partial charge < -0.3 is 10.5 Å². The molecule has 2 rings (SSSR count). The number of hydrogen-bond donors (Lipinski definition) is 1. The van der Waals surface area contributed by atoms with Crippen molar-refractivity contribution in [2.75, 3.05) is 13.2 Å². The van der Waals surface area contributed by atoms with Gasteiger partial charge in [0.15, 0.2) is 9.84 Å². The minimum Gasteiger partial charge on any atom is -0.381 e. The molecule has 0 radical (unpaired) electrons. The second-order valence-electron chi connectivity index (χ2n) is 6.05. The standard InChI is InChI=1S/C16H25NO3S/c1-12(2)16(15(17)13-6-4-3-5-7-13)21(18,19)14-8-10-20-11-9-14/h3-7,12,14-16H,8-11,17H2,1-2H3. The first kappa shape index (κ1) is 16.5. The third-order valence-electron chi connectivity index (χ3n) is 4.21. The largest absolute Gasteiger partial charge is 0.381 e. The van der Waals surface area contributed by atoms with Gasteiger partial charge >= 0.3 is 0 Å². The van der Waals surface area contributed by atoms with Crippen LogP contribution in [0.15, 0.2) is 30.3 Å². The van der Waals surface area contributed by atoms with Crippen LogP contribution in [0.2, 0.25) is 0 Å². The molecule has 1 aromatic carbocycles. The lowest BCUT2D eigenvalue weighted by molar-refractivity contribution is 0.0980. The summed E-state index contributed by atoms with van der Waals surface area (Å²) >= 11 is 0. The van der Waals surface area contributed by atoms with E-state index in [1.165, 1.54) is 0 Å². The Morgan fingerprint density at radius 1 is 1.14 bits per heavy atom. The Hall–Kier alpha value is -0.910. The molecule has 0 spiro atoms. The Bertz CT molecular complexity index is 536. The predicted molar refractivity (Wildman–Crippen MR) is 84.8 cm³/mol. The zero-order chi connectivity index (χ0) is 15.5. The number of benzene rings is 1. The molecule has 1 fully saturated rings. The molecule has 2 N–H and O–H groups in total. The highest BCUT2D eigenvalue weighted by atomic mass is 32.2. The SMILES string of the molecule is CC(C)C(C(N)c1ccccc1)S(=O)(=O)C1CCOCC1. The zero-order valence-corrected chi connectivity index (χ0v) is 13.6. The minimum atomic E-state index is -3.28. The molecule has 1 aliphatic heterocycles. The number of nitrogens with two attached hydrogens (primary N) is 1. The highest BCUT2D eigenvalue weighted by Gasteiger charge is 2.40. The lowest BCUT2D eigenvalue weighted by atomic mass is 9.97. The zero-order valence-electron chi connectivity index (χ0n) is 12.7. The molecule has 4 nitrogen and oxygen atoms in total. The van der Waals surface area contributed by atoms with Gasteiger partial charge in [-0.05, 0) is 24.3 Å². The van der Waals surface area contributed by atoms with E-state index in [9.17, 15) is 8.42 Å². The second-order valence-corrected chi connectivity index (χ2v) is 8.43. The first-order valence-corrected chi connectivity index (χ1v) is 9.16. The Morgan fingerprint density at radius 2 is 1.71 bits per heavy atom. The highest BCUT2D eigenvalue weighted by Crippen LogP contribution is 2.31. The summed E-state index contributed by atoms with van der Waals surface area (Å²) in [6.45, 7) is 4.92. The molecule has 1 aromatic rings. The Kier molecular flexibility index (Phi) is 5.41. The molecule has 1 saturated heterocycles. The summed E-state index contributed by atoms with van der Waals surface area (Å²) in [5, 5.41) is -0.878. The van der Waals surface area contributed by atoms with E-state index in [0.717, 1.165) is 5.56 Å². The summed E-state index contributed by atoms with van der Waals surface area (Å²) in [5.74, 6) is -0.0203. The van der Waals surface area contributed by atoms with Gasteiger partial charge in [-0.1, -0.05) is 44.2 Å². The lowest BCUT2D eigenvalue weighted by Gasteiger charge is -2.32. The monoisotopic (exact) mass is 311 g/mol. The second kappa shape index (κ2) is 6.90. The fraction of sp³-hybridized carbons (Fsp3) is 0.625. The van der Waals surface area contributed by atoms with Gasteiger partial charge in [-0.15, -0.1) is 0 Å². The van der Waals surface area contributed by atoms with Gasteiger partial charge in [-0.25, -0.2) is 8.42 Å². The van der Waals surface area contributed by atoms with Crippen LogP contribution in [0.1, 0.15) is 38.3 Å². The lowest BCUT2D eigenvalue weighted by Crippen LogP contribution is -2.44. The van der Waals surface area contributed by atoms with Gasteiger partial charge in [-0.3, -0.25) is 0 Å². The molecular weight excluding hydrogens is 286 g/mol. The van der Waals surface area contributed by atoms with Crippen LogP contribution < -0.4 is 5.73 Å². The van der Waals surface area contributed by atoms with Gasteiger partial charge in [-0.2, -0.15) is 0 Å². The Balaban J connectivity index is 2.29. The van der Waals surface area contributed by atoms with Gasteiger partial charge in [0.1, 0.15) is 0 Å². The summed E-state index contributed by atoms with van der Waals surface area (Å²) in [4.78, 5) is 0. The van der Waals surface area contributed by atoms with Crippen LogP contribution in [0.3, 0.4) is 0 Å². The van der Waals surface area contributed by atoms with Crippen molar-refractivity contribution in [3.63, 3.8) is 0 Å². The summed E-state index contributed by atoms with van der Waals surface area (Å²) in [6, 6.07) is 9.02. The van der Waals surface area contributed by atoms with Crippen molar-refractivity contribution >= 4 is 9.84 Å². The van der Waals surface area contributed by atoms with E-state index in [-0.39, 0.29) is 11.2 Å². The third-order valence-corrected chi connectivity index (χ3v) is 7.20. The number of sulfone groups is 1. The van der Waals surface area contributed by atoms with Crippen LogP contribution in [0.4, 0.5) is 0 Å². The van der Waals surface area contributed by atoms with E-state index in [1.807, 2.05) is 44.2 Å². The normalized spacial score (nSPS) is 20.4. The number of rotatable bonds is 5. The smallest absolute Gasteiger partial charge is 0.158 e. The van der Waals surface area contributed by atoms with Crippen LogP contribution in [0.5, 0.6) is 0 Å². The topological polar surface area (TPSA) is 69.4 Å². The van der Waals surface area contributed by atoms with E-state index < -0.39 is 21.1 Å². The molecule has 0 saturated carbocycles. The molecule has 0 bridgehead atoms. The van der Waals surface area contributed by atoms with Crippen LogP contribution >= 0.6 is 0 Å². The fourth-order valence-corrected chi connectivity index (χ4v) is 5.71. The van der Waals surface area contributed by atoms with Crippen molar-refractivity contribution in [2.24, 2.45) is 11.7 Å². The Labute approximate surface area is 127 Å². The van der Waals surface area contributed by atoms with E-state index in [2.05, 4.69) is 0 Å². The first-order valence-electron chi connectivity index (χ1n) is 7.55. The predicted octanol–water partition coefficient (Wildman–Crippen LogP) is 2.30. The maximum atomic E-state index is 13.0. The van der Waals surface area contributed by atoms with E-state index >= 15 is 0 Å². The maximum absolute atomic E-state index is 13.0. The molecule has 0 aromatic heterocycles. The van der Waals surface area contributed by atoms with E-state index in [1.54, 1.807) is 0 Å². The average molecular weight is 311 g/mol. The molecule has 0 amide bonds. The Morgan fingerprint density at radius 3 is 2.24 bits per heavy atom. The summed E-state index contributed by atoms with van der Waals surface area (Å²) in [7, 11) is -3.28. The van der Waals surface area contributed by atoms with Crippen molar-refractivity contribution in [1.82, 2.24) is 0 Å². The molecule has 0 aliphatic carbocycles. The highest BCUT2D eigenvalue weighted by molar-refractivity contribution is 7.92. The average Bonchev–Trinajstić information content (AvgIpc) is 2.48. The van der Waals surface area contributed by atoms with Gasteiger partial charge in [0.2, 0.25) is 0 Å². The van der Waals surface area contributed by atoms with Crippen molar-refractivity contribution in [1.29, 1.82) is 0 Å². The number of hydrogen-bond acceptors (Lipinski definition) is 4. The molecule has 1 aliphatic rings. The van der Waals surface area contributed by atoms with Crippen molar-refractivity contribution in [3.05, 3.63) is 35.9 Å². The van der Waals surface area contributed by atoms with E-state index in [0.29, 0.717) is 26.1 Å². The van der Waals surface area contributed by atoms with Crippen molar-refractivity contribution < 1.29 is 13.2 Å². The minimum absolute atomic E-state index is 0.0203. The van der Waals surface area contributed by atoms with Crippen LogP contribution in [-0.4, -0.2) is 32.1 Å². The summed E-state index contributed by atoms with van der Waals surface area (Å²) in [5.41, 5.74) is 7.20. The third kappa shape index (κ3) is 3.65. The van der Waals surface area contributed by atoms with Crippen molar-refractivity contribution in [2.45, 2.75) is 43.2 Å². The van der Waals surface area contributed by atoms with Crippen LogP contribution in [0, 0.1) is 5.92 Å². The fourth-order valence-electron chi connectivity index (χ4n) is 3.09. The molecule has 5 heteroatoms. The molecule has 21 heavy (non-hydrogen) atoms. The molecule has 2 atom stereocenters. The van der Waals surface area contributed by atoms with Gasteiger partial charge in [0.25, 0.3) is 0 Å². The van der Waals surface area contributed by atoms with E-state index in [4.69, 9.17) is 10.5 Å². The molecule has 2 unspecified atom stereocenters. The molecule has 1 heterocycles. The molecular formula is C16H25NO3S. The van der Waals surface area contributed by atoms with Gasteiger partial charge in [0.05, 0.1) is 10.5 Å². The van der Waals surface area contributed by atoms with Crippen molar-refractivity contribution in [3.8, 4) is 0 Å². The quantitative estimate of drug-likeness (QED) is 0.906. The van der Waals surface area contributed by atoms with Crippen LogP contribution in [0.25, 0.3) is 0 Å². The molecule has 118 valence electrons. The summed E-state index contributed by atoms with van der Waals surface area (Å²) in [6.07, 6.45) is 1.15. The summed E-state index contributed by atoms with van der Waals surface area (Å²) < 4.78 is 31.3. The van der Waals surface area contributed by atoms with Gasteiger partial charge in [0, 0.05) is 19.3 Å².